The summed E-state index contributed by atoms with van der Waals surface area (Å²) in [5, 5.41) is 119. The summed E-state index contributed by atoms with van der Waals surface area (Å²) >= 11 is 0. The van der Waals surface area contributed by atoms with Crippen LogP contribution in [0.25, 0.3) is 0 Å². The fraction of sp³-hybridized carbons (Fsp3) is 1.00. The van der Waals surface area contributed by atoms with Crippen LogP contribution in [-0.4, -0.2) is 134 Å². The van der Waals surface area contributed by atoms with Crippen LogP contribution in [0.4, 0.5) is 0 Å². The minimum Gasteiger partial charge on any atom is -0.387 e. The van der Waals surface area contributed by atoms with Gasteiger partial charge < -0.3 is 61.3 Å². The van der Waals surface area contributed by atoms with E-state index in [0.717, 1.165) is 0 Å². The average molecular weight is 358 g/mol. The highest BCUT2D eigenvalue weighted by atomic mass is 16.5. The van der Waals surface area contributed by atoms with Gasteiger partial charge in [-0.25, -0.2) is 0 Å². The molecule has 0 saturated heterocycles. The molecule has 0 bridgehead atoms. The van der Waals surface area contributed by atoms with Crippen LogP contribution >= 0.6 is 0 Å². The number of hydrogen-bond donors (Lipinski definition) is 12. The molecule has 12 nitrogen and oxygen atoms in total. The highest BCUT2D eigenvalue weighted by molar-refractivity contribution is 5.25. The third-order valence-electron chi connectivity index (χ3n) is 5.14. The van der Waals surface area contributed by atoms with E-state index in [4.69, 9.17) is 0 Å². The van der Waals surface area contributed by atoms with Gasteiger partial charge in [-0.05, 0) is 0 Å². The Hall–Kier alpha value is -0.480. The molecule has 0 aromatic carbocycles. The molecule has 10 atom stereocenters. The minimum atomic E-state index is -3.51. The molecule has 0 aromatic rings. The van der Waals surface area contributed by atoms with Gasteiger partial charge in [0, 0.05) is 0 Å². The molecule has 12 N–H and O–H groups in total. The Balaban J connectivity index is 2.60. The minimum absolute atomic E-state index is 2.16. The molecule has 0 aromatic heterocycles. The van der Waals surface area contributed by atoms with E-state index in [-0.39, 0.29) is 0 Å². The number of rotatable bonds is 1. The molecule has 24 heavy (non-hydrogen) atoms. The van der Waals surface area contributed by atoms with Gasteiger partial charge in [-0.15, -0.1) is 0 Å². The zero-order chi connectivity index (χ0) is 18.8. The van der Waals surface area contributed by atoms with Gasteiger partial charge in [0.25, 0.3) is 0 Å². The van der Waals surface area contributed by atoms with Crippen molar-refractivity contribution < 1.29 is 61.3 Å². The summed E-state index contributed by atoms with van der Waals surface area (Å²) in [6.07, 6.45) is -24.2. The second kappa shape index (κ2) is 6.05. The van der Waals surface area contributed by atoms with Crippen LogP contribution < -0.4 is 0 Å². The third-order valence-corrected chi connectivity index (χ3v) is 5.14. The van der Waals surface area contributed by atoms with Gasteiger partial charge >= 0.3 is 0 Å². The zero-order valence-corrected chi connectivity index (χ0v) is 12.1. The van der Waals surface area contributed by atoms with E-state index in [1.165, 1.54) is 0 Å². The predicted octanol–water partition coefficient (Wildman–Crippen LogP) is -7.92. The molecular weight excluding hydrogens is 336 g/mol. The highest BCUT2D eigenvalue weighted by Gasteiger charge is 2.74. The van der Waals surface area contributed by atoms with Crippen LogP contribution in [0, 0.1) is 0 Å². The summed E-state index contributed by atoms with van der Waals surface area (Å²) in [5.41, 5.74) is -7.02. The standard InChI is InChI=1S/C12H22O12/c13-1-3(15)7(19)11(23,8(20)4(1)16)12(24)9(21)5(17)2(14)6(18)10(12)22/h1-10,13-24H/t1-,2?,3-,4+,5?,6?,7-,8-,9?,10?,11+,12?/m1/s1. The van der Waals surface area contributed by atoms with Crippen molar-refractivity contribution in [1.29, 1.82) is 0 Å². The van der Waals surface area contributed by atoms with Crippen molar-refractivity contribution in [2.24, 2.45) is 0 Å². The number of aliphatic hydroxyl groups is 12. The molecule has 0 heterocycles. The highest BCUT2D eigenvalue weighted by Crippen LogP contribution is 2.45. The van der Waals surface area contributed by atoms with E-state index in [0.29, 0.717) is 0 Å². The molecule has 4 unspecified atom stereocenters. The quantitative estimate of drug-likeness (QED) is 0.209. The SMILES string of the molecule is OC1C(O)C(O)C(O)([C@]2(O)[C@H](O)[C@H](O)[C@@H](O)[C@H](O)[C@H]2O)C(O)C1O. The molecule has 2 aliphatic rings. The Morgan fingerprint density at radius 3 is 0.667 bits per heavy atom. The van der Waals surface area contributed by atoms with E-state index >= 15 is 0 Å². The average Bonchev–Trinajstić information content (AvgIpc) is 2.57. The molecule has 0 aliphatic heterocycles. The molecule has 2 saturated carbocycles. The van der Waals surface area contributed by atoms with E-state index in [1.54, 1.807) is 0 Å². The van der Waals surface area contributed by atoms with E-state index < -0.39 is 72.2 Å². The van der Waals surface area contributed by atoms with Crippen LogP contribution in [0.3, 0.4) is 0 Å². The Kier molecular flexibility index (Phi) is 5.00. The third kappa shape index (κ3) is 2.18. The maximum atomic E-state index is 10.6. The summed E-state index contributed by atoms with van der Waals surface area (Å²) in [6.45, 7) is 0. The van der Waals surface area contributed by atoms with Gasteiger partial charge in [0.15, 0.2) is 11.2 Å². The summed E-state index contributed by atoms with van der Waals surface area (Å²) in [5.74, 6) is 0. The predicted molar refractivity (Wildman–Crippen MR) is 70.0 cm³/mol. The van der Waals surface area contributed by atoms with Gasteiger partial charge in [0.05, 0.1) is 0 Å². The lowest BCUT2D eigenvalue weighted by atomic mass is 9.58. The first-order valence-electron chi connectivity index (χ1n) is 7.10. The van der Waals surface area contributed by atoms with E-state index in [2.05, 4.69) is 0 Å². The number of aliphatic hydroxyl groups excluding tert-OH is 10. The van der Waals surface area contributed by atoms with Crippen LogP contribution in [0.2, 0.25) is 0 Å². The molecule has 12 heteroatoms. The van der Waals surface area contributed by atoms with Crippen LogP contribution in [-0.2, 0) is 0 Å². The normalized spacial score (nSPS) is 62.5. The van der Waals surface area contributed by atoms with Gasteiger partial charge in [0.2, 0.25) is 0 Å². The van der Waals surface area contributed by atoms with Crippen LogP contribution in [0.1, 0.15) is 0 Å². The summed E-state index contributed by atoms with van der Waals surface area (Å²) in [4.78, 5) is 0. The van der Waals surface area contributed by atoms with Gasteiger partial charge in [-0.1, -0.05) is 0 Å². The Bertz CT molecular complexity index is 399. The zero-order valence-electron chi connectivity index (χ0n) is 12.1. The van der Waals surface area contributed by atoms with Crippen LogP contribution in [0.5, 0.6) is 0 Å². The van der Waals surface area contributed by atoms with Crippen molar-refractivity contribution in [2.45, 2.75) is 72.2 Å². The van der Waals surface area contributed by atoms with Crippen molar-refractivity contribution >= 4 is 0 Å². The lowest BCUT2D eigenvalue weighted by Gasteiger charge is -2.60. The maximum Gasteiger partial charge on any atom is 0.155 e. The molecule has 142 valence electrons. The molecule has 0 radical (unpaired) electrons. The van der Waals surface area contributed by atoms with E-state index in [1.807, 2.05) is 0 Å². The second-order valence-corrected chi connectivity index (χ2v) is 6.37. The van der Waals surface area contributed by atoms with Crippen molar-refractivity contribution in [3.63, 3.8) is 0 Å². The van der Waals surface area contributed by atoms with Crippen molar-refractivity contribution in [3.8, 4) is 0 Å². The monoisotopic (exact) mass is 358 g/mol. The first kappa shape index (κ1) is 19.8. The largest absolute Gasteiger partial charge is 0.387 e. The summed E-state index contributed by atoms with van der Waals surface area (Å²) in [6, 6.07) is 0. The Morgan fingerprint density at radius 1 is 0.333 bits per heavy atom. The van der Waals surface area contributed by atoms with Crippen molar-refractivity contribution in [2.75, 3.05) is 0 Å². The van der Waals surface area contributed by atoms with Crippen LogP contribution in [0.15, 0.2) is 0 Å². The molecule has 2 rings (SSSR count). The fourth-order valence-electron chi connectivity index (χ4n) is 3.49. The summed E-state index contributed by atoms with van der Waals surface area (Å²) < 4.78 is 0. The molecule has 0 spiro atoms. The van der Waals surface area contributed by atoms with Gasteiger partial charge in [-0.2, -0.15) is 0 Å². The topological polar surface area (TPSA) is 243 Å². The molecule has 2 fully saturated rings. The number of hydrogen-bond acceptors (Lipinski definition) is 12. The van der Waals surface area contributed by atoms with E-state index in [9.17, 15) is 61.3 Å². The van der Waals surface area contributed by atoms with Crippen molar-refractivity contribution in [1.82, 2.24) is 0 Å². The smallest absolute Gasteiger partial charge is 0.155 e. The Morgan fingerprint density at radius 2 is 0.500 bits per heavy atom. The second-order valence-electron chi connectivity index (χ2n) is 6.37. The lowest BCUT2D eigenvalue weighted by Crippen LogP contribution is -2.87. The molecule has 0 amide bonds. The van der Waals surface area contributed by atoms with Gasteiger partial charge in [0.1, 0.15) is 61.0 Å². The Labute approximate surface area is 134 Å². The first-order valence-corrected chi connectivity index (χ1v) is 7.10. The van der Waals surface area contributed by atoms with Crippen molar-refractivity contribution in [3.05, 3.63) is 0 Å². The lowest BCUT2D eigenvalue weighted by molar-refractivity contribution is -0.378. The molecular formula is C12H22O12. The molecule has 2 aliphatic carbocycles. The van der Waals surface area contributed by atoms with Gasteiger partial charge in [-0.3, -0.25) is 0 Å². The first-order chi connectivity index (χ1) is 10.8. The summed E-state index contributed by atoms with van der Waals surface area (Å²) in [7, 11) is 0. The fourth-order valence-corrected chi connectivity index (χ4v) is 3.49. The maximum absolute atomic E-state index is 10.6.